The van der Waals surface area contributed by atoms with Crippen molar-refractivity contribution in [3.05, 3.63) is 86.8 Å². The van der Waals surface area contributed by atoms with Crippen LogP contribution in [0.4, 0.5) is 5.69 Å². The van der Waals surface area contributed by atoms with Crippen LogP contribution in [0.15, 0.2) is 74.9 Å². The molecule has 3 rings (SSSR count). The third-order valence-electron chi connectivity index (χ3n) is 3.70. The molecule has 2 aromatic carbocycles. The second-order valence-corrected chi connectivity index (χ2v) is 6.74. The van der Waals surface area contributed by atoms with Crippen LogP contribution in [0, 0.1) is 10.1 Å². The van der Waals surface area contributed by atoms with E-state index in [0.29, 0.717) is 15.8 Å². The summed E-state index contributed by atoms with van der Waals surface area (Å²) in [5.41, 5.74) is 2.85. The van der Waals surface area contributed by atoms with Gasteiger partial charge in [-0.15, -0.1) is 0 Å². The zero-order valence-electron chi connectivity index (χ0n) is 15.7. The Balaban J connectivity index is 1.46. The number of non-ortho nitro benzene ring substituents is 1. The van der Waals surface area contributed by atoms with Crippen LogP contribution in [-0.4, -0.2) is 29.6 Å². The lowest BCUT2D eigenvalue weighted by atomic mass is 10.2. The number of halogens is 1. The lowest BCUT2D eigenvalue weighted by Crippen LogP contribution is -2.24. The number of nitrogens with one attached hydrogen (secondary N) is 1. The van der Waals surface area contributed by atoms with Crippen molar-refractivity contribution >= 4 is 39.7 Å². The first-order chi connectivity index (χ1) is 14.9. The predicted octanol–water partition coefficient (Wildman–Crippen LogP) is 3.70. The van der Waals surface area contributed by atoms with Crippen LogP contribution in [0.3, 0.4) is 0 Å². The Morgan fingerprint density at radius 2 is 1.97 bits per heavy atom. The molecule has 0 radical (unpaired) electrons. The van der Waals surface area contributed by atoms with Gasteiger partial charge in [-0.25, -0.2) is 10.2 Å². The second-order valence-electron chi connectivity index (χ2n) is 5.89. The molecule has 1 N–H and O–H groups in total. The van der Waals surface area contributed by atoms with Gasteiger partial charge in [-0.2, -0.15) is 5.10 Å². The number of esters is 1. The summed E-state index contributed by atoms with van der Waals surface area (Å²) in [7, 11) is 0. The van der Waals surface area contributed by atoms with Gasteiger partial charge in [-0.1, -0.05) is 0 Å². The number of ether oxygens (including phenoxy) is 2. The third-order valence-corrected chi connectivity index (χ3v) is 4.32. The number of hydrogen-bond acceptors (Lipinski definition) is 8. The summed E-state index contributed by atoms with van der Waals surface area (Å²) in [6, 6.07) is 13.4. The van der Waals surface area contributed by atoms with Crippen LogP contribution >= 0.6 is 15.9 Å². The standard InChI is InChI=1S/C20H14BrN3O7/c21-16-10-14(24(27)28)5-8-17(16)30-12-19(25)23-22-11-13-3-6-15(7-4-13)31-20(26)18-2-1-9-29-18/h1-11H,12H2,(H,23,25)/b22-11-. The molecule has 3 aromatic rings. The lowest BCUT2D eigenvalue weighted by molar-refractivity contribution is -0.384. The van der Waals surface area contributed by atoms with E-state index in [1.807, 2.05) is 0 Å². The highest BCUT2D eigenvalue weighted by molar-refractivity contribution is 9.10. The fourth-order valence-corrected chi connectivity index (χ4v) is 2.73. The molecule has 0 spiro atoms. The first-order valence-corrected chi connectivity index (χ1v) is 9.46. The van der Waals surface area contributed by atoms with Crippen LogP contribution in [0.1, 0.15) is 16.1 Å². The lowest BCUT2D eigenvalue weighted by Gasteiger charge is -2.06. The summed E-state index contributed by atoms with van der Waals surface area (Å²) in [6.45, 7) is -0.338. The molecule has 0 bridgehead atoms. The number of amides is 1. The van der Waals surface area contributed by atoms with Gasteiger partial charge in [0, 0.05) is 12.1 Å². The van der Waals surface area contributed by atoms with Crippen LogP contribution in [0.25, 0.3) is 0 Å². The van der Waals surface area contributed by atoms with Crippen molar-refractivity contribution in [3.63, 3.8) is 0 Å². The molecule has 0 aliphatic heterocycles. The van der Waals surface area contributed by atoms with Gasteiger partial charge >= 0.3 is 5.97 Å². The Bertz CT molecular complexity index is 1110. The number of carbonyl (C=O) groups excluding carboxylic acids is 2. The molecular formula is C20H14BrN3O7. The Labute approximate surface area is 183 Å². The van der Waals surface area contributed by atoms with Gasteiger partial charge in [0.2, 0.25) is 5.76 Å². The van der Waals surface area contributed by atoms with Gasteiger partial charge in [0.05, 0.1) is 21.9 Å². The van der Waals surface area contributed by atoms with Gasteiger partial charge in [-0.3, -0.25) is 14.9 Å². The average Bonchev–Trinajstić information content (AvgIpc) is 3.29. The Morgan fingerprint density at radius 3 is 2.61 bits per heavy atom. The van der Waals surface area contributed by atoms with E-state index in [2.05, 4.69) is 26.5 Å². The van der Waals surface area contributed by atoms with Crippen molar-refractivity contribution in [1.29, 1.82) is 0 Å². The Morgan fingerprint density at radius 1 is 1.19 bits per heavy atom. The van der Waals surface area contributed by atoms with Crippen LogP contribution in [0.2, 0.25) is 0 Å². The zero-order chi connectivity index (χ0) is 22.2. The highest BCUT2D eigenvalue weighted by Crippen LogP contribution is 2.28. The molecule has 158 valence electrons. The summed E-state index contributed by atoms with van der Waals surface area (Å²) in [5.74, 6) is -0.436. The number of rotatable bonds is 8. The van der Waals surface area contributed by atoms with Crippen molar-refractivity contribution in [2.24, 2.45) is 5.10 Å². The van der Waals surface area contributed by atoms with E-state index < -0.39 is 16.8 Å². The first-order valence-electron chi connectivity index (χ1n) is 8.67. The molecular weight excluding hydrogens is 474 g/mol. The minimum atomic E-state index is -0.613. The van der Waals surface area contributed by atoms with Crippen LogP contribution in [0.5, 0.6) is 11.5 Å². The molecule has 11 heteroatoms. The molecule has 0 unspecified atom stereocenters. The second kappa shape index (κ2) is 10.2. The highest BCUT2D eigenvalue weighted by Gasteiger charge is 2.12. The fraction of sp³-hybridized carbons (Fsp3) is 0.0500. The van der Waals surface area contributed by atoms with E-state index in [-0.39, 0.29) is 23.8 Å². The summed E-state index contributed by atoms with van der Waals surface area (Å²) < 4.78 is 15.8. The molecule has 10 nitrogen and oxygen atoms in total. The van der Waals surface area contributed by atoms with E-state index in [4.69, 9.17) is 13.9 Å². The molecule has 1 heterocycles. The molecule has 0 aliphatic rings. The van der Waals surface area contributed by atoms with Crippen molar-refractivity contribution < 1.29 is 28.4 Å². The van der Waals surface area contributed by atoms with E-state index in [1.54, 1.807) is 30.3 Å². The summed E-state index contributed by atoms with van der Waals surface area (Å²) in [4.78, 5) is 33.8. The van der Waals surface area contributed by atoms with Crippen LogP contribution < -0.4 is 14.9 Å². The van der Waals surface area contributed by atoms with Gasteiger partial charge < -0.3 is 13.9 Å². The number of nitro groups is 1. The fourth-order valence-electron chi connectivity index (χ4n) is 2.25. The minimum absolute atomic E-state index is 0.0938. The van der Waals surface area contributed by atoms with Gasteiger partial charge in [0.1, 0.15) is 11.5 Å². The van der Waals surface area contributed by atoms with Gasteiger partial charge in [0.25, 0.3) is 11.6 Å². The van der Waals surface area contributed by atoms with Crippen molar-refractivity contribution in [2.45, 2.75) is 0 Å². The Kier molecular flexibility index (Phi) is 7.12. The smallest absolute Gasteiger partial charge is 0.379 e. The number of furan rings is 1. The average molecular weight is 488 g/mol. The number of hydrazone groups is 1. The quantitative estimate of drug-likeness (QED) is 0.168. The van der Waals surface area contributed by atoms with E-state index in [9.17, 15) is 19.7 Å². The maximum atomic E-state index is 11.8. The number of nitro benzene ring substituents is 1. The minimum Gasteiger partial charge on any atom is -0.483 e. The number of benzene rings is 2. The maximum absolute atomic E-state index is 11.8. The van der Waals surface area contributed by atoms with E-state index in [0.717, 1.165) is 0 Å². The molecule has 0 atom stereocenters. The molecule has 0 saturated carbocycles. The SMILES string of the molecule is O=C(COc1ccc([N+](=O)[O-])cc1Br)N/N=C\c1ccc(OC(=O)c2ccco2)cc1. The first kappa shape index (κ1) is 21.7. The normalized spacial score (nSPS) is 10.6. The summed E-state index contributed by atoms with van der Waals surface area (Å²) in [6.07, 6.45) is 2.78. The van der Waals surface area contributed by atoms with E-state index >= 15 is 0 Å². The molecule has 0 fully saturated rings. The van der Waals surface area contributed by atoms with Gasteiger partial charge in [0.15, 0.2) is 6.61 Å². The molecule has 1 aromatic heterocycles. The van der Waals surface area contributed by atoms with Crippen molar-refractivity contribution in [1.82, 2.24) is 5.43 Å². The number of hydrogen-bond donors (Lipinski definition) is 1. The molecule has 1 amide bonds. The largest absolute Gasteiger partial charge is 0.483 e. The number of carbonyl (C=O) groups is 2. The topological polar surface area (TPSA) is 133 Å². The highest BCUT2D eigenvalue weighted by atomic mass is 79.9. The zero-order valence-corrected chi connectivity index (χ0v) is 17.3. The van der Waals surface area contributed by atoms with Crippen LogP contribution in [-0.2, 0) is 4.79 Å². The molecule has 0 saturated heterocycles. The molecule has 0 aliphatic carbocycles. The maximum Gasteiger partial charge on any atom is 0.379 e. The number of nitrogens with zero attached hydrogens (tertiary/aromatic N) is 2. The van der Waals surface area contributed by atoms with E-state index in [1.165, 1.54) is 36.7 Å². The molecule has 31 heavy (non-hydrogen) atoms. The summed E-state index contributed by atoms with van der Waals surface area (Å²) >= 11 is 3.15. The monoisotopic (exact) mass is 487 g/mol. The third kappa shape index (κ3) is 6.24. The summed E-state index contributed by atoms with van der Waals surface area (Å²) in [5, 5.41) is 14.5. The van der Waals surface area contributed by atoms with Crippen molar-refractivity contribution in [2.75, 3.05) is 6.61 Å². The van der Waals surface area contributed by atoms with Crippen molar-refractivity contribution in [3.8, 4) is 11.5 Å². The van der Waals surface area contributed by atoms with Gasteiger partial charge in [-0.05, 0) is 64.0 Å². The predicted molar refractivity (Wildman–Crippen MR) is 112 cm³/mol. The Hall–Kier alpha value is -3.99.